The molecule has 1 atom stereocenters. The van der Waals surface area contributed by atoms with E-state index in [0.29, 0.717) is 44.5 Å². The monoisotopic (exact) mass is 537 g/mol. The molecule has 0 amide bonds. The predicted molar refractivity (Wildman–Crippen MR) is 120 cm³/mol. The van der Waals surface area contributed by atoms with E-state index in [1.165, 1.54) is 12.1 Å². The summed E-state index contributed by atoms with van der Waals surface area (Å²) in [6.45, 7) is 3.23. The number of rotatable bonds is 7. The van der Waals surface area contributed by atoms with Crippen molar-refractivity contribution in [2.24, 2.45) is 10.9 Å². The van der Waals surface area contributed by atoms with Gasteiger partial charge in [0.15, 0.2) is 5.96 Å². The largest absolute Gasteiger partial charge is 0.469 e. The molecule has 2 heterocycles. The van der Waals surface area contributed by atoms with E-state index < -0.39 is 11.7 Å². The number of benzene rings is 1. The molecule has 0 spiro atoms. The van der Waals surface area contributed by atoms with Crippen molar-refractivity contribution in [2.75, 3.05) is 33.4 Å². The highest BCUT2D eigenvalue weighted by Gasteiger charge is 2.30. The lowest BCUT2D eigenvalue weighted by atomic mass is 10.1. The third-order valence-corrected chi connectivity index (χ3v) is 4.82. The topological polar surface area (TPSA) is 50.0 Å². The molecule has 0 radical (unpaired) electrons. The van der Waals surface area contributed by atoms with Crippen molar-refractivity contribution in [3.05, 3.63) is 59.5 Å². The van der Waals surface area contributed by atoms with Crippen LogP contribution in [0.15, 0.2) is 52.1 Å². The molecule has 1 N–H and O–H groups in total. The Bertz CT molecular complexity index is 774. The number of guanidine groups is 1. The predicted octanol–water partition coefficient (Wildman–Crippen LogP) is 4.57. The second kappa shape index (κ2) is 11.6. The molecule has 30 heavy (non-hydrogen) atoms. The van der Waals surface area contributed by atoms with E-state index in [1.54, 1.807) is 6.26 Å². The third-order valence-electron chi connectivity index (χ3n) is 4.82. The van der Waals surface area contributed by atoms with Crippen LogP contribution in [0.4, 0.5) is 13.2 Å². The van der Waals surface area contributed by atoms with Gasteiger partial charge in [-0.1, -0.05) is 12.1 Å². The summed E-state index contributed by atoms with van der Waals surface area (Å²) in [7, 11) is 1.88. The number of nitrogens with one attached hydrogen (secondary N) is 1. The highest BCUT2D eigenvalue weighted by atomic mass is 127. The summed E-state index contributed by atoms with van der Waals surface area (Å²) in [5.74, 6) is 1.99. The Balaban J connectivity index is 0.00000320. The molecule has 166 valence electrons. The van der Waals surface area contributed by atoms with E-state index in [-0.39, 0.29) is 24.0 Å². The van der Waals surface area contributed by atoms with Crippen LogP contribution in [-0.2, 0) is 23.9 Å². The van der Waals surface area contributed by atoms with Crippen molar-refractivity contribution in [1.82, 2.24) is 10.2 Å². The van der Waals surface area contributed by atoms with Gasteiger partial charge in [-0.15, -0.1) is 24.0 Å². The van der Waals surface area contributed by atoms with Crippen LogP contribution >= 0.6 is 24.0 Å². The third kappa shape index (κ3) is 7.50. The van der Waals surface area contributed by atoms with Crippen LogP contribution in [0.1, 0.15) is 23.3 Å². The molecule has 1 aromatic heterocycles. The minimum absolute atomic E-state index is 0. The summed E-state index contributed by atoms with van der Waals surface area (Å²) >= 11 is 0. The van der Waals surface area contributed by atoms with E-state index in [4.69, 9.17) is 14.1 Å². The molecule has 2 aromatic rings. The average Bonchev–Trinajstić information content (AvgIpc) is 3.38. The first kappa shape index (κ1) is 24.5. The molecule has 1 aromatic carbocycles. The van der Waals surface area contributed by atoms with Crippen molar-refractivity contribution in [3.8, 4) is 0 Å². The second-order valence-corrected chi connectivity index (χ2v) is 7.20. The molecular weight excluding hydrogens is 510 g/mol. The van der Waals surface area contributed by atoms with Crippen molar-refractivity contribution >= 4 is 29.9 Å². The molecule has 9 heteroatoms. The number of aliphatic imine (C=N–C) groups is 1. The molecule has 1 unspecified atom stereocenters. The van der Waals surface area contributed by atoms with Gasteiger partial charge in [-0.25, -0.2) is 0 Å². The van der Waals surface area contributed by atoms with Crippen molar-refractivity contribution in [2.45, 2.75) is 25.6 Å². The molecule has 3 rings (SSSR count). The summed E-state index contributed by atoms with van der Waals surface area (Å²) < 4.78 is 49.0. The first-order valence-electron chi connectivity index (χ1n) is 9.67. The molecule has 1 saturated heterocycles. The van der Waals surface area contributed by atoms with Crippen LogP contribution < -0.4 is 5.32 Å². The van der Waals surface area contributed by atoms with Crippen LogP contribution in [0.5, 0.6) is 0 Å². The Kier molecular flexibility index (Phi) is 9.47. The molecular formula is C21H27F3IN3O2. The molecule has 5 nitrogen and oxygen atoms in total. The van der Waals surface area contributed by atoms with E-state index in [2.05, 4.69) is 5.32 Å². The van der Waals surface area contributed by atoms with Gasteiger partial charge < -0.3 is 19.4 Å². The number of furan rings is 1. The van der Waals surface area contributed by atoms with Gasteiger partial charge in [-0.05, 0) is 36.2 Å². The molecule has 1 fully saturated rings. The summed E-state index contributed by atoms with van der Waals surface area (Å²) in [5, 5.41) is 3.33. The van der Waals surface area contributed by atoms with Crippen molar-refractivity contribution in [1.29, 1.82) is 0 Å². The van der Waals surface area contributed by atoms with Crippen LogP contribution in [0, 0.1) is 5.92 Å². The summed E-state index contributed by atoms with van der Waals surface area (Å²) in [4.78, 5) is 6.64. The van der Waals surface area contributed by atoms with Gasteiger partial charge >= 0.3 is 6.18 Å². The van der Waals surface area contributed by atoms with E-state index in [0.717, 1.165) is 36.5 Å². The standard InChI is InChI=1S/C21H26F3N3O2.HI/c1-27(14-16-4-6-18(7-5-16)21(22,23)24)20(26-13-17-9-12-28-15-17)25-10-8-19-3-2-11-29-19;/h2-7,11,17H,8-10,12-15H2,1H3,(H,25,26);1H. The number of hydrogen-bond donors (Lipinski definition) is 1. The van der Waals surface area contributed by atoms with E-state index >= 15 is 0 Å². The highest BCUT2D eigenvalue weighted by molar-refractivity contribution is 14.0. The Morgan fingerprint density at radius 1 is 1.23 bits per heavy atom. The fourth-order valence-electron chi connectivity index (χ4n) is 3.15. The normalized spacial score (nSPS) is 16.9. The lowest BCUT2D eigenvalue weighted by Gasteiger charge is -2.23. The van der Waals surface area contributed by atoms with Crippen LogP contribution in [0.2, 0.25) is 0 Å². The number of halogens is 4. The fourth-order valence-corrected chi connectivity index (χ4v) is 3.15. The minimum atomic E-state index is -4.33. The molecule has 0 aliphatic carbocycles. The number of hydrogen-bond acceptors (Lipinski definition) is 3. The zero-order chi connectivity index (χ0) is 20.7. The number of alkyl halides is 3. The fraction of sp³-hybridized carbons (Fsp3) is 0.476. The Hall–Kier alpha value is -1.75. The number of nitrogens with zero attached hydrogens (tertiary/aromatic N) is 2. The lowest BCUT2D eigenvalue weighted by Crippen LogP contribution is -2.40. The zero-order valence-electron chi connectivity index (χ0n) is 16.8. The van der Waals surface area contributed by atoms with Gasteiger partial charge in [0.1, 0.15) is 5.76 Å². The van der Waals surface area contributed by atoms with Crippen LogP contribution in [0.25, 0.3) is 0 Å². The second-order valence-electron chi connectivity index (χ2n) is 7.20. The maximum Gasteiger partial charge on any atom is 0.416 e. The van der Waals surface area contributed by atoms with Gasteiger partial charge in [0.05, 0.1) is 18.4 Å². The summed E-state index contributed by atoms with van der Waals surface area (Å²) in [6.07, 6.45) is -0.979. The van der Waals surface area contributed by atoms with Gasteiger partial charge in [-0.3, -0.25) is 4.99 Å². The maximum atomic E-state index is 12.8. The highest BCUT2D eigenvalue weighted by Crippen LogP contribution is 2.29. The minimum Gasteiger partial charge on any atom is -0.469 e. The Labute approximate surface area is 191 Å². The van der Waals surface area contributed by atoms with Gasteiger partial charge in [-0.2, -0.15) is 13.2 Å². The van der Waals surface area contributed by atoms with Crippen LogP contribution in [-0.4, -0.2) is 44.2 Å². The van der Waals surface area contributed by atoms with Crippen molar-refractivity contribution < 1.29 is 22.3 Å². The van der Waals surface area contributed by atoms with Crippen LogP contribution in [0.3, 0.4) is 0 Å². The summed E-state index contributed by atoms with van der Waals surface area (Å²) in [6, 6.07) is 9.00. The SMILES string of the molecule is CN(Cc1ccc(C(F)(F)F)cc1)C(=NCC1CCOC1)NCCc1ccco1.I. The zero-order valence-corrected chi connectivity index (χ0v) is 19.2. The van der Waals surface area contributed by atoms with E-state index in [1.807, 2.05) is 24.1 Å². The quantitative estimate of drug-likeness (QED) is 0.320. The first-order chi connectivity index (χ1) is 13.9. The smallest absolute Gasteiger partial charge is 0.416 e. The molecule has 1 aliphatic heterocycles. The molecule has 0 bridgehead atoms. The van der Waals surface area contributed by atoms with Gasteiger partial charge in [0, 0.05) is 45.6 Å². The summed E-state index contributed by atoms with van der Waals surface area (Å²) in [5.41, 5.74) is 0.140. The van der Waals surface area contributed by atoms with E-state index in [9.17, 15) is 13.2 Å². The van der Waals surface area contributed by atoms with Crippen molar-refractivity contribution in [3.63, 3.8) is 0 Å². The molecule has 1 aliphatic rings. The maximum absolute atomic E-state index is 12.8. The lowest BCUT2D eigenvalue weighted by molar-refractivity contribution is -0.137. The Morgan fingerprint density at radius 2 is 2.00 bits per heavy atom. The van der Waals surface area contributed by atoms with Gasteiger partial charge in [0.2, 0.25) is 0 Å². The van der Waals surface area contributed by atoms with Gasteiger partial charge in [0.25, 0.3) is 0 Å². The molecule has 0 saturated carbocycles. The number of ether oxygens (including phenoxy) is 1. The first-order valence-corrected chi connectivity index (χ1v) is 9.67. The average molecular weight is 537 g/mol. The Morgan fingerprint density at radius 3 is 2.60 bits per heavy atom.